The van der Waals surface area contributed by atoms with Gasteiger partial charge in [-0.2, -0.15) is 0 Å². The van der Waals surface area contributed by atoms with Crippen LogP contribution in [0.4, 0.5) is 0 Å². The van der Waals surface area contributed by atoms with Crippen LogP contribution in [0.2, 0.25) is 0 Å². The monoisotopic (exact) mass is 165 g/mol. The second-order valence-corrected chi connectivity index (χ2v) is 4.27. The number of primary amides is 1. The van der Waals surface area contributed by atoms with Crippen molar-refractivity contribution >= 4 is 5.91 Å². The highest BCUT2D eigenvalue weighted by Gasteiger charge is 2.47. The van der Waals surface area contributed by atoms with E-state index in [4.69, 9.17) is 5.73 Å². The van der Waals surface area contributed by atoms with Crippen LogP contribution < -0.4 is 5.73 Å². The normalized spacial score (nSPS) is 38.5. The van der Waals surface area contributed by atoms with Gasteiger partial charge in [0, 0.05) is 11.0 Å². The average molecular weight is 165 g/mol. The molecule has 2 heteroatoms. The predicted molar refractivity (Wildman–Crippen MR) is 47.3 cm³/mol. The average Bonchev–Trinajstić information content (AvgIpc) is 2.62. The highest BCUT2D eigenvalue weighted by Crippen LogP contribution is 2.57. The minimum absolute atomic E-state index is 0.122. The lowest BCUT2D eigenvalue weighted by molar-refractivity contribution is -0.115. The number of hydrogen-bond donors (Lipinski definition) is 1. The van der Waals surface area contributed by atoms with E-state index in [9.17, 15) is 4.79 Å². The van der Waals surface area contributed by atoms with E-state index in [2.05, 4.69) is 6.58 Å². The predicted octanol–water partition coefficient (Wildman–Crippen LogP) is 1.61. The van der Waals surface area contributed by atoms with E-state index < -0.39 is 0 Å². The molecule has 2 aliphatic rings. The van der Waals surface area contributed by atoms with Crippen LogP contribution in [0.15, 0.2) is 12.2 Å². The van der Waals surface area contributed by atoms with Crippen LogP contribution in [0, 0.1) is 11.3 Å². The van der Waals surface area contributed by atoms with Crippen molar-refractivity contribution in [2.75, 3.05) is 0 Å². The number of amides is 1. The molecular formula is C10H15NO. The molecule has 0 aromatic heterocycles. The lowest BCUT2D eigenvalue weighted by Gasteiger charge is -2.26. The summed E-state index contributed by atoms with van der Waals surface area (Å²) in [5, 5.41) is 0. The Morgan fingerprint density at radius 1 is 1.42 bits per heavy atom. The first-order chi connectivity index (χ1) is 5.64. The van der Waals surface area contributed by atoms with Gasteiger partial charge < -0.3 is 5.73 Å². The second-order valence-electron chi connectivity index (χ2n) is 4.27. The van der Waals surface area contributed by atoms with Crippen LogP contribution >= 0.6 is 0 Å². The molecule has 2 saturated carbocycles. The van der Waals surface area contributed by atoms with Crippen LogP contribution in [0.25, 0.3) is 0 Å². The number of fused-ring (bicyclic) bond motifs is 2. The summed E-state index contributed by atoms with van der Waals surface area (Å²) < 4.78 is 0. The zero-order valence-electron chi connectivity index (χ0n) is 7.31. The van der Waals surface area contributed by atoms with Crippen molar-refractivity contribution in [2.45, 2.75) is 32.1 Å². The Morgan fingerprint density at radius 3 is 2.33 bits per heavy atom. The van der Waals surface area contributed by atoms with Gasteiger partial charge in [0.15, 0.2) is 0 Å². The van der Waals surface area contributed by atoms with E-state index in [1.807, 2.05) is 0 Å². The van der Waals surface area contributed by atoms with E-state index in [1.54, 1.807) is 0 Å². The molecular weight excluding hydrogens is 150 g/mol. The van der Waals surface area contributed by atoms with Crippen molar-refractivity contribution in [3.8, 4) is 0 Å². The molecule has 0 saturated heterocycles. The van der Waals surface area contributed by atoms with Gasteiger partial charge in [-0.15, -0.1) is 0 Å². The van der Waals surface area contributed by atoms with Gasteiger partial charge in [-0.1, -0.05) is 6.58 Å². The molecule has 66 valence electrons. The summed E-state index contributed by atoms with van der Waals surface area (Å²) in [5.41, 5.74) is 6.06. The molecule has 0 aromatic carbocycles. The van der Waals surface area contributed by atoms with Crippen LogP contribution in [0.5, 0.6) is 0 Å². The SMILES string of the molecule is C=C(C(N)=O)C12CCC(CC1)C2. The highest BCUT2D eigenvalue weighted by atomic mass is 16.1. The molecule has 2 bridgehead atoms. The number of nitrogens with two attached hydrogens (primary N) is 1. The molecule has 12 heavy (non-hydrogen) atoms. The molecule has 0 heterocycles. The van der Waals surface area contributed by atoms with Gasteiger partial charge in [-0.25, -0.2) is 0 Å². The first-order valence-electron chi connectivity index (χ1n) is 4.63. The number of carbonyl (C=O) groups excluding carboxylic acids is 1. The topological polar surface area (TPSA) is 43.1 Å². The van der Waals surface area contributed by atoms with Crippen molar-refractivity contribution in [3.05, 3.63) is 12.2 Å². The fourth-order valence-corrected chi connectivity index (χ4v) is 2.88. The van der Waals surface area contributed by atoms with Crippen LogP contribution in [-0.2, 0) is 4.79 Å². The van der Waals surface area contributed by atoms with Gasteiger partial charge >= 0.3 is 0 Å². The van der Waals surface area contributed by atoms with Gasteiger partial charge in [0.2, 0.25) is 5.91 Å². The van der Waals surface area contributed by atoms with E-state index in [-0.39, 0.29) is 11.3 Å². The molecule has 0 atom stereocenters. The lowest BCUT2D eigenvalue weighted by atomic mass is 9.77. The summed E-state index contributed by atoms with van der Waals surface area (Å²) >= 11 is 0. The van der Waals surface area contributed by atoms with Crippen molar-refractivity contribution in [2.24, 2.45) is 17.1 Å². The summed E-state index contributed by atoms with van der Waals surface area (Å²) in [6.45, 7) is 3.83. The Hall–Kier alpha value is -0.790. The first kappa shape index (κ1) is 7.84. The molecule has 2 fully saturated rings. The van der Waals surface area contributed by atoms with Crippen molar-refractivity contribution < 1.29 is 4.79 Å². The standard InChI is InChI=1S/C10H15NO/c1-7(9(11)12)10-4-2-8(6-10)3-5-10/h8H,1-6H2,(H2,11,12). The second kappa shape index (κ2) is 2.35. The number of hydrogen-bond acceptors (Lipinski definition) is 1. The molecule has 0 unspecified atom stereocenters. The Kier molecular flexibility index (Phi) is 1.53. The molecule has 2 N–H and O–H groups in total. The van der Waals surface area contributed by atoms with Crippen molar-refractivity contribution in [1.82, 2.24) is 0 Å². The Morgan fingerprint density at radius 2 is 2.00 bits per heavy atom. The van der Waals surface area contributed by atoms with Gasteiger partial charge in [0.05, 0.1) is 0 Å². The lowest BCUT2D eigenvalue weighted by Crippen LogP contribution is -2.27. The maximum Gasteiger partial charge on any atom is 0.244 e. The third-order valence-corrected chi connectivity index (χ3v) is 3.68. The van der Waals surface area contributed by atoms with Gasteiger partial charge in [-0.05, 0) is 38.0 Å². The molecule has 0 spiro atoms. The number of rotatable bonds is 2. The summed E-state index contributed by atoms with van der Waals surface area (Å²) in [4.78, 5) is 11.0. The minimum Gasteiger partial charge on any atom is -0.366 e. The summed E-state index contributed by atoms with van der Waals surface area (Å²) in [7, 11) is 0. The highest BCUT2D eigenvalue weighted by molar-refractivity contribution is 5.92. The van der Waals surface area contributed by atoms with E-state index in [1.165, 1.54) is 12.8 Å². The third kappa shape index (κ3) is 0.904. The zero-order valence-corrected chi connectivity index (χ0v) is 7.31. The van der Waals surface area contributed by atoms with E-state index in [0.717, 1.165) is 25.2 Å². The maximum atomic E-state index is 11.0. The molecule has 2 rings (SSSR count). The molecule has 1 amide bonds. The smallest absolute Gasteiger partial charge is 0.244 e. The van der Waals surface area contributed by atoms with E-state index in [0.29, 0.717) is 5.57 Å². The minimum atomic E-state index is -0.294. The summed E-state index contributed by atoms with van der Waals surface area (Å²) in [5.74, 6) is 0.554. The van der Waals surface area contributed by atoms with Gasteiger partial charge in [-0.3, -0.25) is 4.79 Å². The quantitative estimate of drug-likeness (QED) is 0.620. The third-order valence-electron chi connectivity index (χ3n) is 3.68. The fraction of sp³-hybridized carbons (Fsp3) is 0.700. The first-order valence-corrected chi connectivity index (χ1v) is 4.63. The maximum absolute atomic E-state index is 11.0. The van der Waals surface area contributed by atoms with Gasteiger partial charge in [0.1, 0.15) is 0 Å². The molecule has 0 aliphatic heterocycles. The largest absolute Gasteiger partial charge is 0.366 e. The molecule has 2 nitrogen and oxygen atoms in total. The zero-order chi connectivity index (χ0) is 8.77. The van der Waals surface area contributed by atoms with Crippen LogP contribution in [-0.4, -0.2) is 5.91 Å². The molecule has 2 aliphatic carbocycles. The Balaban J connectivity index is 2.21. The van der Waals surface area contributed by atoms with Crippen LogP contribution in [0.1, 0.15) is 32.1 Å². The Labute approximate surface area is 72.8 Å². The Bertz CT molecular complexity index is 236. The van der Waals surface area contributed by atoms with E-state index >= 15 is 0 Å². The van der Waals surface area contributed by atoms with Crippen molar-refractivity contribution in [3.63, 3.8) is 0 Å². The summed E-state index contributed by atoms with van der Waals surface area (Å²) in [6, 6.07) is 0. The molecule has 0 radical (unpaired) electrons. The van der Waals surface area contributed by atoms with Crippen LogP contribution in [0.3, 0.4) is 0 Å². The van der Waals surface area contributed by atoms with Gasteiger partial charge in [0.25, 0.3) is 0 Å². The molecule has 0 aromatic rings. The fourth-order valence-electron chi connectivity index (χ4n) is 2.88. The van der Waals surface area contributed by atoms with Crippen molar-refractivity contribution in [1.29, 1.82) is 0 Å². The number of carbonyl (C=O) groups is 1. The summed E-state index contributed by atoms with van der Waals surface area (Å²) in [6.07, 6.45) is 5.98.